The Morgan fingerprint density at radius 1 is 0.970 bits per heavy atom. The molecule has 5 rings (SSSR count). The van der Waals surface area contributed by atoms with E-state index in [1.807, 2.05) is 67.6 Å². The molecule has 4 aromatic rings. The van der Waals surface area contributed by atoms with Gasteiger partial charge in [-0.15, -0.1) is 0 Å². The third kappa shape index (κ3) is 3.76. The summed E-state index contributed by atoms with van der Waals surface area (Å²) >= 11 is 0. The number of rotatable bonds is 4. The van der Waals surface area contributed by atoms with Crippen molar-refractivity contribution >= 4 is 39.0 Å². The largest absolute Gasteiger partial charge is 0.378 e. The maximum atomic E-state index is 13.5. The van der Waals surface area contributed by atoms with Gasteiger partial charge in [-0.25, -0.2) is 0 Å². The zero-order chi connectivity index (χ0) is 22.9. The number of hydrogen-bond acceptors (Lipinski definition) is 4. The molecule has 0 atom stereocenters. The predicted molar refractivity (Wildman–Crippen MR) is 134 cm³/mol. The second kappa shape index (κ2) is 8.71. The van der Waals surface area contributed by atoms with Gasteiger partial charge in [-0.1, -0.05) is 36.4 Å². The van der Waals surface area contributed by atoms with Crippen LogP contribution in [-0.2, 0) is 11.3 Å². The summed E-state index contributed by atoms with van der Waals surface area (Å²) in [4.78, 5) is 30.2. The number of hydrogen-bond donors (Lipinski definition) is 0. The smallest absolute Gasteiger partial charge is 0.258 e. The number of aromatic nitrogens is 1. The molecule has 1 saturated heterocycles. The summed E-state index contributed by atoms with van der Waals surface area (Å²) in [5.74, 6) is -0.0668. The quantitative estimate of drug-likeness (QED) is 0.474. The van der Waals surface area contributed by atoms with Crippen molar-refractivity contribution in [3.8, 4) is 0 Å². The van der Waals surface area contributed by atoms with Crippen molar-refractivity contribution in [3.05, 3.63) is 82.6 Å². The lowest BCUT2D eigenvalue weighted by Gasteiger charge is -2.30. The van der Waals surface area contributed by atoms with E-state index in [9.17, 15) is 9.59 Å². The molecule has 6 nitrogen and oxygen atoms in total. The summed E-state index contributed by atoms with van der Waals surface area (Å²) in [5, 5.41) is 2.94. The third-order valence-corrected chi connectivity index (χ3v) is 6.45. The van der Waals surface area contributed by atoms with E-state index >= 15 is 0 Å². The molecular weight excluding hydrogens is 414 g/mol. The van der Waals surface area contributed by atoms with Gasteiger partial charge in [0.25, 0.3) is 11.5 Å². The zero-order valence-corrected chi connectivity index (χ0v) is 19.0. The van der Waals surface area contributed by atoms with Crippen LogP contribution in [0.5, 0.6) is 0 Å². The summed E-state index contributed by atoms with van der Waals surface area (Å²) in [6.45, 7) is 5.30. The van der Waals surface area contributed by atoms with Crippen LogP contribution in [0.1, 0.15) is 17.3 Å². The Bertz CT molecular complexity index is 1400. The van der Waals surface area contributed by atoms with Gasteiger partial charge in [0.05, 0.1) is 24.4 Å². The minimum atomic E-state index is -0.0668. The van der Waals surface area contributed by atoms with Gasteiger partial charge in [0.15, 0.2) is 0 Å². The van der Waals surface area contributed by atoms with Gasteiger partial charge < -0.3 is 19.1 Å². The minimum absolute atomic E-state index is 0.0144. The van der Waals surface area contributed by atoms with E-state index in [-0.39, 0.29) is 11.5 Å². The number of carbonyl (C=O) groups excluding carboxylic acids is 1. The highest BCUT2D eigenvalue weighted by atomic mass is 16.5. The summed E-state index contributed by atoms with van der Waals surface area (Å²) < 4.78 is 7.28. The van der Waals surface area contributed by atoms with Crippen LogP contribution in [0.2, 0.25) is 0 Å². The number of morpholine rings is 1. The van der Waals surface area contributed by atoms with Crippen LogP contribution in [0.4, 0.5) is 11.4 Å². The Labute approximate surface area is 192 Å². The lowest BCUT2D eigenvalue weighted by Crippen LogP contribution is -2.37. The fourth-order valence-electron chi connectivity index (χ4n) is 4.67. The first-order chi connectivity index (χ1) is 16.1. The molecular formula is C27H27N3O3. The number of amides is 1. The van der Waals surface area contributed by atoms with Crippen LogP contribution in [-0.4, -0.2) is 43.8 Å². The minimum Gasteiger partial charge on any atom is -0.378 e. The zero-order valence-electron chi connectivity index (χ0n) is 19.0. The molecule has 1 fully saturated rings. The van der Waals surface area contributed by atoms with E-state index in [1.54, 1.807) is 22.6 Å². The Kier molecular flexibility index (Phi) is 5.60. The highest BCUT2D eigenvalue weighted by molar-refractivity contribution is 6.14. The summed E-state index contributed by atoms with van der Waals surface area (Å²) in [6, 6.07) is 21.3. The van der Waals surface area contributed by atoms with Crippen LogP contribution >= 0.6 is 0 Å². The van der Waals surface area contributed by atoms with Gasteiger partial charge in [0.1, 0.15) is 0 Å². The van der Waals surface area contributed by atoms with E-state index in [1.165, 1.54) is 0 Å². The SMILES string of the molecule is CCn1c(=O)cc(N2CCOCC2)c2cc(N(C)C(=O)c3cccc4ccccc34)ccc21. The molecule has 168 valence electrons. The normalized spacial score (nSPS) is 14.1. The molecule has 0 unspecified atom stereocenters. The molecule has 1 aliphatic heterocycles. The number of aryl methyl sites for hydroxylation is 1. The summed E-state index contributed by atoms with van der Waals surface area (Å²) in [7, 11) is 1.80. The van der Waals surface area contributed by atoms with Crippen LogP contribution < -0.4 is 15.4 Å². The number of pyridine rings is 1. The first-order valence-electron chi connectivity index (χ1n) is 11.3. The van der Waals surface area contributed by atoms with Crippen molar-refractivity contribution < 1.29 is 9.53 Å². The second-order valence-electron chi connectivity index (χ2n) is 8.30. The first kappa shape index (κ1) is 21.2. The van der Waals surface area contributed by atoms with Crippen LogP contribution in [0, 0.1) is 0 Å². The predicted octanol–water partition coefficient (Wildman–Crippen LogP) is 4.29. The van der Waals surface area contributed by atoms with Crippen molar-refractivity contribution in [2.45, 2.75) is 13.5 Å². The molecule has 3 aromatic carbocycles. The molecule has 1 amide bonds. The average molecular weight is 442 g/mol. The van der Waals surface area contributed by atoms with Crippen LogP contribution in [0.15, 0.2) is 71.5 Å². The molecule has 1 aliphatic rings. The standard InChI is InChI=1S/C27H27N3O3/c1-3-30-24-12-11-20(17-23(24)25(18-26(30)31)29-13-15-33-16-14-29)28(2)27(32)22-10-6-8-19-7-4-5-9-21(19)22/h4-12,17-18H,3,13-16H2,1-2H3. The Hall–Kier alpha value is -3.64. The Balaban J connectivity index is 1.61. The van der Waals surface area contributed by atoms with Gasteiger partial charge in [-0.3, -0.25) is 9.59 Å². The van der Waals surface area contributed by atoms with Gasteiger partial charge in [0.2, 0.25) is 0 Å². The lowest BCUT2D eigenvalue weighted by atomic mass is 10.0. The average Bonchev–Trinajstić information content (AvgIpc) is 2.87. The number of benzene rings is 3. The lowest BCUT2D eigenvalue weighted by molar-refractivity contribution is 0.0994. The number of anilines is 2. The molecule has 0 aliphatic carbocycles. The maximum absolute atomic E-state index is 13.5. The van der Waals surface area contributed by atoms with E-state index in [0.29, 0.717) is 25.3 Å². The van der Waals surface area contributed by atoms with E-state index in [4.69, 9.17) is 4.74 Å². The summed E-state index contributed by atoms with van der Waals surface area (Å²) in [6.07, 6.45) is 0. The van der Waals surface area contributed by atoms with Crippen molar-refractivity contribution in [1.29, 1.82) is 0 Å². The Morgan fingerprint density at radius 2 is 1.73 bits per heavy atom. The van der Waals surface area contributed by atoms with Gasteiger partial charge in [0, 0.05) is 49.4 Å². The van der Waals surface area contributed by atoms with Crippen molar-refractivity contribution in [2.24, 2.45) is 0 Å². The molecule has 0 N–H and O–H groups in total. The molecule has 0 bridgehead atoms. The van der Waals surface area contributed by atoms with Gasteiger partial charge in [-0.2, -0.15) is 0 Å². The van der Waals surface area contributed by atoms with Crippen molar-refractivity contribution in [1.82, 2.24) is 4.57 Å². The highest BCUT2D eigenvalue weighted by Crippen LogP contribution is 2.31. The number of fused-ring (bicyclic) bond motifs is 2. The Morgan fingerprint density at radius 3 is 2.52 bits per heavy atom. The topological polar surface area (TPSA) is 54.8 Å². The number of ether oxygens (including phenoxy) is 1. The summed E-state index contributed by atoms with van der Waals surface area (Å²) in [5.41, 5.74) is 3.22. The fourth-order valence-corrected chi connectivity index (χ4v) is 4.67. The molecule has 33 heavy (non-hydrogen) atoms. The monoisotopic (exact) mass is 441 g/mol. The molecule has 0 spiro atoms. The van der Waals surface area contributed by atoms with Crippen molar-refractivity contribution in [3.63, 3.8) is 0 Å². The molecule has 6 heteroatoms. The molecule has 1 aromatic heterocycles. The van der Waals surface area contributed by atoms with E-state index < -0.39 is 0 Å². The number of carbonyl (C=O) groups is 1. The van der Waals surface area contributed by atoms with E-state index in [0.717, 1.165) is 46.1 Å². The van der Waals surface area contributed by atoms with Crippen LogP contribution in [0.25, 0.3) is 21.7 Å². The van der Waals surface area contributed by atoms with Gasteiger partial charge >= 0.3 is 0 Å². The van der Waals surface area contributed by atoms with Crippen LogP contribution in [0.3, 0.4) is 0 Å². The fraction of sp³-hybridized carbons (Fsp3) is 0.259. The molecule has 2 heterocycles. The van der Waals surface area contributed by atoms with Crippen molar-refractivity contribution in [2.75, 3.05) is 43.2 Å². The number of nitrogens with zero attached hydrogens (tertiary/aromatic N) is 3. The second-order valence-corrected chi connectivity index (χ2v) is 8.30. The van der Waals surface area contributed by atoms with Gasteiger partial charge in [-0.05, 0) is 42.0 Å². The molecule has 0 radical (unpaired) electrons. The van der Waals surface area contributed by atoms with E-state index in [2.05, 4.69) is 4.90 Å². The third-order valence-electron chi connectivity index (χ3n) is 6.45. The molecule has 0 saturated carbocycles. The maximum Gasteiger partial charge on any atom is 0.258 e. The first-order valence-corrected chi connectivity index (χ1v) is 11.3. The highest BCUT2D eigenvalue weighted by Gasteiger charge is 2.20.